The van der Waals surface area contributed by atoms with Gasteiger partial charge in [0, 0.05) is 31.0 Å². The Morgan fingerprint density at radius 1 is 1.21 bits per heavy atom. The number of hydrogen-bond donors (Lipinski definition) is 2. The van der Waals surface area contributed by atoms with Gasteiger partial charge in [0.15, 0.2) is 0 Å². The number of nitrogens with zero attached hydrogens (tertiary/aromatic N) is 1. The van der Waals surface area contributed by atoms with E-state index in [1.165, 1.54) is 12.1 Å². The van der Waals surface area contributed by atoms with Crippen LogP contribution < -0.4 is 16.0 Å². The lowest BCUT2D eigenvalue weighted by Gasteiger charge is -2.21. The molecule has 4 nitrogen and oxygen atoms in total. The maximum Gasteiger partial charge on any atom is 0.257 e. The smallest absolute Gasteiger partial charge is 0.257 e. The van der Waals surface area contributed by atoms with Crippen LogP contribution in [0.1, 0.15) is 34.3 Å². The quantitative estimate of drug-likeness (QED) is 0.904. The molecule has 0 aliphatic carbocycles. The molecule has 1 fully saturated rings. The number of carbonyl (C=O) groups excluding carboxylic acids is 1. The third-order valence-corrected chi connectivity index (χ3v) is 4.47. The van der Waals surface area contributed by atoms with Crippen LogP contribution in [0.25, 0.3) is 0 Å². The first-order chi connectivity index (χ1) is 11.6. The summed E-state index contributed by atoms with van der Waals surface area (Å²) in [4.78, 5) is 14.8. The number of amides is 1. The summed E-state index contributed by atoms with van der Waals surface area (Å²) in [5.74, 6) is -0.700. The fourth-order valence-electron chi connectivity index (χ4n) is 3.13. The van der Waals surface area contributed by atoms with E-state index < -0.39 is 5.82 Å². The molecule has 0 unspecified atom stereocenters. The molecule has 1 amide bonds. The van der Waals surface area contributed by atoms with Crippen molar-refractivity contribution in [2.24, 2.45) is 5.73 Å². The molecule has 2 aromatic rings. The molecule has 1 heterocycles. The molecule has 0 saturated carbocycles. The van der Waals surface area contributed by atoms with Gasteiger partial charge in [-0.25, -0.2) is 4.39 Å². The number of benzene rings is 2. The van der Waals surface area contributed by atoms with Gasteiger partial charge in [0.2, 0.25) is 0 Å². The van der Waals surface area contributed by atoms with Gasteiger partial charge in [0.05, 0.1) is 5.56 Å². The number of aryl methyl sites for hydroxylation is 1. The molecule has 3 rings (SSSR count). The second kappa shape index (κ2) is 7.01. The van der Waals surface area contributed by atoms with E-state index in [9.17, 15) is 9.18 Å². The van der Waals surface area contributed by atoms with Gasteiger partial charge < -0.3 is 16.0 Å². The van der Waals surface area contributed by atoms with E-state index in [0.29, 0.717) is 17.8 Å². The second-order valence-corrected chi connectivity index (χ2v) is 6.16. The molecule has 3 N–H and O–H groups in total. The predicted octanol–water partition coefficient (Wildman–Crippen LogP) is 3.45. The second-order valence-electron chi connectivity index (χ2n) is 6.16. The molecule has 1 aliphatic rings. The van der Waals surface area contributed by atoms with E-state index >= 15 is 0 Å². The summed E-state index contributed by atoms with van der Waals surface area (Å²) in [5.41, 5.74) is 9.58. The Morgan fingerprint density at radius 2 is 1.96 bits per heavy atom. The summed E-state index contributed by atoms with van der Waals surface area (Å²) in [6.45, 7) is 4.21. The minimum Gasteiger partial charge on any atom is -0.371 e. The Labute approximate surface area is 141 Å². The van der Waals surface area contributed by atoms with E-state index in [4.69, 9.17) is 5.73 Å². The summed E-state index contributed by atoms with van der Waals surface area (Å²) in [7, 11) is 0. The summed E-state index contributed by atoms with van der Waals surface area (Å²) < 4.78 is 13.7. The van der Waals surface area contributed by atoms with Crippen molar-refractivity contribution in [1.82, 2.24) is 0 Å². The van der Waals surface area contributed by atoms with Gasteiger partial charge in [-0.05, 0) is 61.2 Å². The van der Waals surface area contributed by atoms with Crippen molar-refractivity contribution in [3.8, 4) is 0 Å². The topological polar surface area (TPSA) is 58.4 Å². The monoisotopic (exact) mass is 327 g/mol. The zero-order valence-corrected chi connectivity index (χ0v) is 13.8. The fraction of sp³-hybridized carbons (Fsp3) is 0.316. The van der Waals surface area contributed by atoms with Crippen molar-refractivity contribution in [2.75, 3.05) is 23.3 Å². The summed E-state index contributed by atoms with van der Waals surface area (Å²) in [6.07, 6.45) is 2.19. The van der Waals surface area contributed by atoms with E-state index in [1.54, 1.807) is 6.07 Å². The van der Waals surface area contributed by atoms with Crippen molar-refractivity contribution in [3.05, 3.63) is 58.9 Å². The maximum atomic E-state index is 13.7. The lowest BCUT2D eigenvalue weighted by atomic mass is 10.1. The molecule has 0 atom stereocenters. The highest BCUT2D eigenvalue weighted by Gasteiger charge is 2.20. The van der Waals surface area contributed by atoms with Crippen LogP contribution in [0.4, 0.5) is 15.8 Å². The fourth-order valence-corrected chi connectivity index (χ4v) is 3.13. The summed E-state index contributed by atoms with van der Waals surface area (Å²) in [5, 5.41) is 2.87. The van der Waals surface area contributed by atoms with E-state index in [0.717, 1.165) is 42.7 Å². The zero-order valence-electron chi connectivity index (χ0n) is 13.8. The minimum absolute atomic E-state index is 0.295. The van der Waals surface area contributed by atoms with Crippen molar-refractivity contribution >= 4 is 17.3 Å². The molecular weight excluding hydrogens is 305 g/mol. The third-order valence-electron chi connectivity index (χ3n) is 4.47. The standard InChI is InChI=1S/C19H22FN3O/c1-13-10-16(6-4-14(13)12-21)22-19(24)17-11-15(20)5-7-18(17)23-8-2-3-9-23/h4-7,10-11H,2-3,8-9,12,21H2,1H3,(H,22,24). The highest BCUT2D eigenvalue weighted by molar-refractivity contribution is 6.08. The average Bonchev–Trinajstić information content (AvgIpc) is 3.09. The predicted molar refractivity (Wildman–Crippen MR) is 94.9 cm³/mol. The summed E-state index contributed by atoms with van der Waals surface area (Å²) in [6, 6.07) is 10.0. The van der Waals surface area contributed by atoms with Gasteiger partial charge >= 0.3 is 0 Å². The van der Waals surface area contributed by atoms with Crippen LogP contribution in [0.15, 0.2) is 36.4 Å². The first-order valence-corrected chi connectivity index (χ1v) is 8.24. The van der Waals surface area contributed by atoms with Crippen LogP contribution in [-0.4, -0.2) is 19.0 Å². The van der Waals surface area contributed by atoms with E-state index in [1.807, 2.05) is 25.1 Å². The molecule has 0 spiro atoms. The van der Waals surface area contributed by atoms with Crippen LogP contribution in [0.3, 0.4) is 0 Å². The molecule has 1 aliphatic heterocycles. The largest absolute Gasteiger partial charge is 0.371 e. The van der Waals surface area contributed by atoms with Crippen molar-refractivity contribution < 1.29 is 9.18 Å². The maximum absolute atomic E-state index is 13.7. The number of anilines is 2. The van der Waals surface area contributed by atoms with Gasteiger partial charge in [-0.15, -0.1) is 0 Å². The normalized spacial score (nSPS) is 14.0. The van der Waals surface area contributed by atoms with Gasteiger partial charge in [-0.1, -0.05) is 6.07 Å². The minimum atomic E-state index is -0.405. The molecule has 0 bridgehead atoms. The number of nitrogens with two attached hydrogens (primary N) is 1. The van der Waals surface area contributed by atoms with Crippen molar-refractivity contribution in [3.63, 3.8) is 0 Å². The van der Waals surface area contributed by atoms with E-state index in [2.05, 4.69) is 10.2 Å². The average molecular weight is 327 g/mol. The van der Waals surface area contributed by atoms with Gasteiger partial charge in [-0.3, -0.25) is 4.79 Å². The number of halogens is 1. The Morgan fingerprint density at radius 3 is 2.62 bits per heavy atom. The van der Waals surface area contributed by atoms with Crippen molar-refractivity contribution in [2.45, 2.75) is 26.3 Å². The molecule has 1 saturated heterocycles. The Hall–Kier alpha value is -2.40. The Balaban J connectivity index is 1.86. The Kier molecular flexibility index (Phi) is 4.81. The number of carbonyl (C=O) groups is 1. The van der Waals surface area contributed by atoms with Crippen LogP contribution >= 0.6 is 0 Å². The first kappa shape index (κ1) is 16.5. The Bertz CT molecular complexity index is 754. The highest BCUT2D eigenvalue weighted by atomic mass is 19.1. The lowest BCUT2D eigenvalue weighted by molar-refractivity contribution is 0.102. The van der Waals surface area contributed by atoms with Crippen LogP contribution in [-0.2, 0) is 6.54 Å². The SMILES string of the molecule is Cc1cc(NC(=O)c2cc(F)ccc2N2CCCC2)ccc1CN. The van der Waals surface area contributed by atoms with Crippen LogP contribution in [0.5, 0.6) is 0 Å². The van der Waals surface area contributed by atoms with Gasteiger partial charge in [0.1, 0.15) is 5.82 Å². The van der Waals surface area contributed by atoms with Crippen LogP contribution in [0, 0.1) is 12.7 Å². The first-order valence-electron chi connectivity index (χ1n) is 8.24. The lowest BCUT2D eigenvalue weighted by Crippen LogP contribution is -2.23. The summed E-state index contributed by atoms with van der Waals surface area (Å²) >= 11 is 0. The number of rotatable bonds is 4. The molecule has 2 aromatic carbocycles. The molecular formula is C19H22FN3O. The van der Waals surface area contributed by atoms with Crippen molar-refractivity contribution in [1.29, 1.82) is 0 Å². The van der Waals surface area contributed by atoms with E-state index in [-0.39, 0.29) is 5.91 Å². The molecule has 24 heavy (non-hydrogen) atoms. The highest BCUT2D eigenvalue weighted by Crippen LogP contribution is 2.26. The molecule has 0 radical (unpaired) electrons. The van der Waals surface area contributed by atoms with Crippen LogP contribution in [0.2, 0.25) is 0 Å². The molecule has 5 heteroatoms. The van der Waals surface area contributed by atoms with Gasteiger partial charge in [-0.2, -0.15) is 0 Å². The number of nitrogens with one attached hydrogen (secondary N) is 1. The molecule has 0 aromatic heterocycles. The third kappa shape index (κ3) is 3.41. The van der Waals surface area contributed by atoms with Gasteiger partial charge in [0.25, 0.3) is 5.91 Å². The number of hydrogen-bond acceptors (Lipinski definition) is 3. The zero-order chi connectivity index (χ0) is 17.1. The molecule has 126 valence electrons.